The van der Waals surface area contributed by atoms with E-state index in [4.69, 9.17) is 4.74 Å². The normalized spacial score (nSPS) is 14.0. The average Bonchev–Trinajstić information content (AvgIpc) is 3.45. The Hall–Kier alpha value is -4.83. The smallest absolute Gasteiger partial charge is 0.265 e. The van der Waals surface area contributed by atoms with Gasteiger partial charge in [-0.15, -0.1) is 0 Å². The molecule has 208 valence electrons. The number of likely N-dealkylation sites (N-methyl/N-ethyl adjacent to an activating group) is 1. The number of fused-ring (bicyclic) bond motifs is 1. The van der Waals surface area contributed by atoms with Gasteiger partial charge < -0.3 is 14.5 Å². The Morgan fingerprint density at radius 3 is 2.46 bits per heavy atom. The Balaban J connectivity index is 1.22. The lowest BCUT2D eigenvalue weighted by atomic mass is 10.0. The van der Waals surface area contributed by atoms with Crippen LogP contribution in [0, 0.1) is 11.6 Å². The third kappa shape index (κ3) is 5.46. The van der Waals surface area contributed by atoms with Crippen molar-refractivity contribution in [1.29, 1.82) is 0 Å². The van der Waals surface area contributed by atoms with Crippen molar-refractivity contribution >= 4 is 17.0 Å². The first-order valence-electron chi connectivity index (χ1n) is 13.2. The first-order chi connectivity index (χ1) is 19.9. The predicted molar refractivity (Wildman–Crippen MR) is 151 cm³/mol. The lowest BCUT2D eigenvalue weighted by Crippen LogP contribution is -2.44. The Morgan fingerprint density at radius 1 is 0.927 bits per heavy atom. The fourth-order valence-electron chi connectivity index (χ4n) is 4.95. The van der Waals surface area contributed by atoms with Gasteiger partial charge in [0, 0.05) is 50.6 Å². The third-order valence-electron chi connectivity index (χ3n) is 7.26. The van der Waals surface area contributed by atoms with Crippen molar-refractivity contribution in [2.75, 3.05) is 38.1 Å². The van der Waals surface area contributed by atoms with E-state index >= 15 is 4.39 Å². The van der Waals surface area contributed by atoms with Gasteiger partial charge in [-0.3, -0.25) is 14.2 Å². The maximum absolute atomic E-state index is 15.2. The maximum atomic E-state index is 15.2. The molecule has 6 rings (SSSR count). The van der Waals surface area contributed by atoms with Crippen LogP contribution in [0.2, 0.25) is 0 Å². The summed E-state index contributed by atoms with van der Waals surface area (Å²) >= 11 is 0. The Bertz CT molecular complexity index is 1790. The van der Waals surface area contributed by atoms with Gasteiger partial charge in [-0.2, -0.15) is 5.10 Å². The van der Waals surface area contributed by atoms with Crippen molar-refractivity contribution < 1.29 is 18.3 Å². The van der Waals surface area contributed by atoms with Gasteiger partial charge in [0.2, 0.25) is 0 Å². The van der Waals surface area contributed by atoms with Crippen LogP contribution in [0.15, 0.2) is 90.1 Å². The van der Waals surface area contributed by atoms with Crippen LogP contribution in [0.25, 0.3) is 11.2 Å². The monoisotopic (exact) mass is 555 g/mol. The molecule has 4 heterocycles. The summed E-state index contributed by atoms with van der Waals surface area (Å²) in [5.74, 6) is -1.04. The number of ether oxygens (including phenoxy) is 1. The van der Waals surface area contributed by atoms with Gasteiger partial charge in [0.25, 0.3) is 5.56 Å². The minimum Gasteiger partial charge on any atom is -0.452 e. The molecular formula is C31H27F2N5O3. The highest BCUT2D eigenvalue weighted by Gasteiger charge is 2.19. The SMILES string of the molecule is CN1CCN(c2cc(Oc3ccc(CC(=O)c4cccn(-c5ccc(F)cc5)c4=O)cc3F)c3ccnn3c2)CC1. The van der Waals surface area contributed by atoms with E-state index in [1.807, 2.05) is 12.3 Å². The summed E-state index contributed by atoms with van der Waals surface area (Å²) in [6, 6.07) is 16.4. The molecule has 0 aliphatic carbocycles. The molecule has 41 heavy (non-hydrogen) atoms. The first kappa shape index (κ1) is 26.4. The fourth-order valence-corrected chi connectivity index (χ4v) is 4.95. The van der Waals surface area contributed by atoms with Crippen molar-refractivity contribution in [2.45, 2.75) is 6.42 Å². The minimum absolute atomic E-state index is 0.0122. The summed E-state index contributed by atoms with van der Waals surface area (Å²) in [6.45, 7) is 3.59. The molecular weight excluding hydrogens is 528 g/mol. The number of carbonyl (C=O) groups excluding carboxylic acids is 1. The zero-order chi connectivity index (χ0) is 28.5. The number of hydrogen-bond acceptors (Lipinski definition) is 6. The second-order valence-electron chi connectivity index (χ2n) is 10.1. The number of piperazine rings is 1. The summed E-state index contributed by atoms with van der Waals surface area (Å²) in [4.78, 5) is 30.5. The molecule has 0 atom stereocenters. The number of carbonyl (C=O) groups is 1. The molecule has 10 heteroatoms. The van der Waals surface area contributed by atoms with Gasteiger partial charge in [-0.05, 0) is 67.2 Å². The zero-order valence-electron chi connectivity index (χ0n) is 22.3. The molecule has 1 aliphatic heterocycles. The first-order valence-corrected chi connectivity index (χ1v) is 13.2. The molecule has 0 bridgehead atoms. The molecule has 0 saturated carbocycles. The summed E-state index contributed by atoms with van der Waals surface area (Å²) in [5, 5.41) is 4.35. The van der Waals surface area contributed by atoms with Gasteiger partial charge in [-0.1, -0.05) is 6.07 Å². The number of benzene rings is 2. The molecule has 1 saturated heterocycles. The van der Waals surface area contributed by atoms with Crippen LogP contribution in [0.1, 0.15) is 15.9 Å². The van der Waals surface area contributed by atoms with Crippen LogP contribution in [0.4, 0.5) is 14.5 Å². The standard InChI is InChI=1S/C31H27F2N5O3/c1-35-13-15-36(16-14-35)24-19-30(27-10-11-34-38(27)20-24)41-29-9-4-21(17-26(29)33)18-28(39)25-3-2-12-37(31(25)40)23-7-5-22(32)6-8-23/h2-12,17,19-20H,13-16,18H2,1H3. The van der Waals surface area contributed by atoms with E-state index in [1.54, 1.807) is 28.9 Å². The molecule has 5 aromatic rings. The molecule has 3 aromatic heterocycles. The van der Waals surface area contributed by atoms with Crippen LogP contribution in [0.5, 0.6) is 11.5 Å². The number of halogens is 2. The van der Waals surface area contributed by atoms with Crippen molar-refractivity contribution in [3.63, 3.8) is 0 Å². The van der Waals surface area contributed by atoms with E-state index in [-0.39, 0.29) is 17.7 Å². The number of rotatable bonds is 7. The molecule has 1 fully saturated rings. The lowest BCUT2D eigenvalue weighted by Gasteiger charge is -2.34. The number of aromatic nitrogens is 3. The van der Waals surface area contributed by atoms with Gasteiger partial charge >= 0.3 is 0 Å². The quantitative estimate of drug-likeness (QED) is 0.271. The number of pyridine rings is 2. The molecule has 0 radical (unpaired) electrons. The number of ketones is 1. The summed E-state index contributed by atoms with van der Waals surface area (Å²) in [6.07, 6.45) is 4.93. The zero-order valence-corrected chi connectivity index (χ0v) is 22.3. The maximum Gasteiger partial charge on any atom is 0.265 e. The Morgan fingerprint density at radius 2 is 1.71 bits per heavy atom. The van der Waals surface area contributed by atoms with Crippen molar-refractivity contribution in [1.82, 2.24) is 19.1 Å². The highest BCUT2D eigenvalue weighted by atomic mass is 19.1. The molecule has 8 nitrogen and oxygen atoms in total. The molecule has 0 spiro atoms. The lowest BCUT2D eigenvalue weighted by molar-refractivity contribution is 0.0991. The van der Waals surface area contributed by atoms with Gasteiger partial charge in [0.05, 0.1) is 23.6 Å². The molecule has 0 amide bonds. The van der Waals surface area contributed by atoms with Gasteiger partial charge in [0.15, 0.2) is 23.1 Å². The van der Waals surface area contributed by atoms with Crippen molar-refractivity contribution in [3.8, 4) is 17.2 Å². The highest BCUT2D eigenvalue weighted by Crippen LogP contribution is 2.32. The van der Waals surface area contributed by atoms with Crippen molar-refractivity contribution in [2.24, 2.45) is 0 Å². The number of Topliss-reactive ketones (excluding diaryl/α,β-unsaturated/α-hetero) is 1. The summed E-state index contributed by atoms with van der Waals surface area (Å²) in [7, 11) is 2.09. The van der Waals surface area contributed by atoms with Crippen LogP contribution in [0.3, 0.4) is 0 Å². The van der Waals surface area contributed by atoms with E-state index < -0.39 is 23.0 Å². The predicted octanol–water partition coefficient (Wildman–Crippen LogP) is 4.73. The summed E-state index contributed by atoms with van der Waals surface area (Å²) in [5.41, 5.74) is 1.89. The minimum atomic E-state index is -0.630. The average molecular weight is 556 g/mol. The highest BCUT2D eigenvalue weighted by molar-refractivity contribution is 5.97. The summed E-state index contributed by atoms with van der Waals surface area (Å²) < 4.78 is 37.6. The van der Waals surface area contributed by atoms with Crippen LogP contribution in [-0.4, -0.2) is 58.1 Å². The van der Waals surface area contributed by atoms with Crippen LogP contribution >= 0.6 is 0 Å². The second-order valence-corrected chi connectivity index (χ2v) is 10.1. The van der Waals surface area contributed by atoms with E-state index in [0.29, 0.717) is 22.5 Å². The Kier molecular flexibility index (Phi) is 7.07. The fraction of sp³-hybridized carbons (Fsp3) is 0.194. The van der Waals surface area contributed by atoms with Crippen LogP contribution < -0.4 is 15.2 Å². The van der Waals surface area contributed by atoms with E-state index in [2.05, 4.69) is 21.9 Å². The number of anilines is 1. The topological polar surface area (TPSA) is 72.1 Å². The Labute approximate surface area is 234 Å². The molecule has 1 aliphatic rings. The molecule has 2 aromatic carbocycles. The van der Waals surface area contributed by atoms with E-state index in [9.17, 15) is 14.0 Å². The van der Waals surface area contributed by atoms with Crippen LogP contribution in [-0.2, 0) is 6.42 Å². The second kappa shape index (κ2) is 11.0. The van der Waals surface area contributed by atoms with E-state index in [1.165, 1.54) is 53.2 Å². The number of hydrogen-bond donors (Lipinski definition) is 0. The molecule has 0 unspecified atom stereocenters. The third-order valence-corrected chi connectivity index (χ3v) is 7.26. The molecule has 0 N–H and O–H groups in total. The van der Waals surface area contributed by atoms with Gasteiger partial charge in [0.1, 0.15) is 11.3 Å². The largest absolute Gasteiger partial charge is 0.452 e. The van der Waals surface area contributed by atoms with Gasteiger partial charge in [-0.25, -0.2) is 13.3 Å². The van der Waals surface area contributed by atoms with E-state index in [0.717, 1.165) is 31.9 Å². The number of nitrogens with zero attached hydrogens (tertiary/aromatic N) is 5. The van der Waals surface area contributed by atoms with Crippen molar-refractivity contribution in [3.05, 3.63) is 118 Å².